The van der Waals surface area contributed by atoms with Gasteiger partial charge in [0.25, 0.3) is 0 Å². The number of hydrogen-bond donors (Lipinski definition) is 0. The maximum atomic E-state index is 11.8. The zero-order valence-corrected chi connectivity index (χ0v) is 11.5. The highest BCUT2D eigenvalue weighted by Crippen LogP contribution is 2.28. The maximum absolute atomic E-state index is 11.8. The largest absolute Gasteiger partial charge is 0.497 e. The fourth-order valence-corrected chi connectivity index (χ4v) is 1.96. The summed E-state index contributed by atoms with van der Waals surface area (Å²) < 4.78 is 5.11. The molecule has 0 heterocycles. The Hall–Kier alpha value is -2.00. The van der Waals surface area contributed by atoms with Crippen LogP contribution in [-0.2, 0) is 4.79 Å². The third kappa shape index (κ3) is 3.06. The van der Waals surface area contributed by atoms with Gasteiger partial charge >= 0.3 is 0 Å². The fraction of sp³-hybridized carbons (Fsp3) is 0.133. The average molecular weight is 276 g/mol. The van der Waals surface area contributed by atoms with E-state index in [1.807, 2.05) is 36.4 Å². The second-order valence-electron chi connectivity index (χ2n) is 4.03. The molecule has 1 amide bonds. The van der Waals surface area contributed by atoms with Gasteiger partial charge in [-0.3, -0.25) is 9.69 Å². The second kappa shape index (κ2) is 5.76. The molecule has 0 bridgehead atoms. The van der Waals surface area contributed by atoms with Gasteiger partial charge in [-0.05, 0) is 48.5 Å². The molecule has 4 heteroatoms. The SMILES string of the molecule is COc1ccc(N(C(C)=O)c2ccc(Cl)cc2)cc1. The number of methoxy groups -OCH3 is 1. The Bertz CT molecular complexity index is 564. The molecule has 0 unspecified atom stereocenters. The molecule has 0 radical (unpaired) electrons. The van der Waals surface area contributed by atoms with Gasteiger partial charge in [0.2, 0.25) is 5.91 Å². The zero-order valence-electron chi connectivity index (χ0n) is 10.8. The van der Waals surface area contributed by atoms with Crippen molar-refractivity contribution < 1.29 is 9.53 Å². The molecule has 0 N–H and O–H groups in total. The van der Waals surface area contributed by atoms with Gasteiger partial charge in [0, 0.05) is 23.3 Å². The van der Waals surface area contributed by atoms with E-state index in [1.165, 1.54) is 6.92 Å². The molecule has 0 spiro atoms. The summed E-state index contributed by atoms with van der Waals surface area (Å²) in [5.74, 6) is 0.691. The third-order valence-electron chi connectivity index (χ3n) is 2.73. The Kier molecular flexibility index (Phi) is 4.07. The molecular weight excluding hydrogens is 262 g/mol. The molecule has 0 saturated heterocycles. The minimum Gasteiger partial charge on any atom is -0.497 e. The van der Waals surface area contributed by atoms with Gasteiger partial charge in [0.15, 0.2) is 0 Å². The zero-order chi connectivity index (χ0) is 13.8. The van der Waals surface area contributed by atoms with E-state index in [2.05, 4.69) is 0 Å². The van der Waals surface area contributed by atoms with Gasteiger partial charge < -0.3 is 4.74 Å². The minimum atomic E-state index is -0.0625. The summed E-state index contributed by atoms with van der Waals surface area (Å²) in [5, 5.41) is 0.641. The van der Waals surface area contributed by atoms with Crippen LogP contribution in [0.5, 0.6) is 5.75 Å². The predicted molar refractivity (Wildman–Crippen MR) is 77.3 cm³/mol. The Labute approximate surface area is 117 Å². The molecule has 0 fully saturated rings. The second-order valence-corrected chi connectivity index (χ2v) is 4.47. The highest BCUT2D eigenvalue weighted by molar-refractivity contribution is 6.30. The lowest BCUT2D eigenvalue weighted by Gasteiger charge is -2.21. The van der Waals surface area contributed by atoms with Crippen molar-refractivity contribution in [2.45, 2.75) is 6.92 Å². The lowest BCUT2D eigenvalue weighted by atomic mass is 10.2. The summed E-state index contributed by atoms with van der Waals surface area (Å²) in [6.45, 7) is 1.53. The number of carbonyl (C=O) groups excluding carboxylic acids is 1. The summed E-state index contributed by atoms with van der Waals surface area (Å²) in [6.07, 6.45) is 0. The van der Waals surface area contributed by atoms with E-state index in [0.717, 1.165) is 17.1 Å². The number of nitrogens with zero attached hydrogens (tertiary/aromatic N) is 1. The number of benzene rings is 2. The van der Waals surface area contributed by atoms with E-state index in [1.54, 1.807) is 24.1 Å². The molecule has 2 rings (SSSR count). The lowest BCUT2D eigenvalue weighted by Crippen LogP contribution is -2.22. The van der Waals surface area contributed by atoms with E-state index in [4.69, 9.17) is 16.3 Å². The molecule has 3 nitrogen and oxygen atoms in total. The molecular formula is C15H14ClNO2. The van der Waals surface area contributed by atoms with Gasteiger partial charge in [-0.1, -0.05) is 11.6 Å². The average Bonchev–Trinajstić information content (AvgIpc) is 2.42. The molecule has 0 aromatic heterocycles. The van der Waals surface area contributed by atoms with Crippen LogP contribution in [-0.4, -0.2) is 13.0 Å². The molecule has 2 aromatic rings. The first-order valence-corrected chi connectivity index (χ1v) is 6.20. The van der Waals surface area contributed by atoms with Gasteiger partial charge in [-0.15, -0.1) is 0 Å². The molecule has 0 aliphatic rings. The van der Waals surface area contributed by atoms with Crippen LogP contribution in [0.25, 0.3) is 0 Å². The van der Waals surface area contributed by atoms with Crippen molar-refractivity contribution >= 4 is 28.9 Å². The smallest absolute Gasteiger partial charge is 0.228 e. The number of anilines is 2. The number of ether oxygens (including phenoxy) is 1. The normalized spacial score (nSPS) is 10.1. The fourth-order valence-electron chi connectivity index (χ4n) is 1.83. The van der Waals surface area contributed by atoms with Crippen molar-refractivity contribution in [3.05, 3.63) is 53.6 Å². The van der Waals surface area contributed by atoms with Crippen molar-refractivity contribution in [2.75, 3.05) is 12.0 Å². The topological polar surface area (TPSA) is 29.5 Å². The first-order chi connectivity index (χ1) is 9.11. The number of rotatable bonds is 3. The summed E-state index contributed by atoms with van der Waals surface area (Å²) >= 11 is 5.86. The molecule has 0 aliphatic heterocycles. The Morgan fingerprint density at radius 3 is 1.89 bits per heavy atom. The van der Waals surface area contributed by atoms with Gasteiger partial charge in [0.05, 0.1) is 7.11 Å². The van der Waals surface area contributed by atoms with Crippen LogP contribution in [0.15, 0.2) is 48.5 Å². The lowest BCUT2D eigenvalue weighted by molar-refractivity contribution is -0.115. The molecule has 2 aromatic carbocycles. The Balaban J connectivity index is 2.39. The minimum absolute atomic E-state index is 0.0625. The van der Waals surface area contributed by atoms with Crippen LogP contribution in [0.4, 0.5) is 11.4 Å². The summed E-state index contributed by atoms with van der Waals surface area (Å²) in [4.78, 5) is 13.5. The maximum Gasteiger partial charge on any atom is 0.228 e. The van der Waals surface area contributed by atoms with E-state index in [0.29, 0.717) is 5.02 Å². The van der Waals surface area contributed by atoms with Crippen LogP contribution in [0.2, 0.25) is 5.02 Å². The molecule has 0 saturated carbocycles. The Morgan fingerprint density at radius 1 is 1.00 bits per heavy atom. The van der Waals surface area contributed by atoms with Crippen molar-refractivity contribution in [3.63, 3.8) is 0 Å². The number of carbonyl (C=O) groups is 1. The van der Waals surface area contributed by atoms with E-state index < -0.39 is 0 Å². The van der Waals surface area contributed by atoms with Crippen molar-refractivity contribution in [3.8, 4) is 5.75 Å². The quantitative estimate of drug-likeness (QED) is 0.846. The first-order valence-electron chi connectivity index (χ1n) is 5.82. The monoisotopic (exact) mass is 275 g/mol. The summed E-state index contributed by atoms with van der Waals surface area (Å²) in [5.41, 5.74) is 1.57. The van der Waals surface area contributed by atoms with Crippen molar-refractivity contribution in [1.82, 2.24) is 0 Å². The third-order valence-corrected chi connectivity index (χ3v) is 2.98. The van der Waals surface area contributed by atoms with Crippen LogP contribution < -0.4 is 9.64 Å². The summed E-state index contributed by atoms with van der Waals surface area (Å²) in [7, 11) is 1.61. The number of amides is 1. The summed E-state index contributed by atoms with van der Waals surface area (Å²) in [6, 6.07) is 14.5. The van der Waals surface area contributed by atoms with Crippen LogP contribution >= 0.6 is 11.6 Å². The predicted octanol–water partition coefficient (Wildman–Crippen LogP) is 4.03. The molecule has 0 aliphatic carbocycles. The highest BCUT2D eigenvalue weighted by Gasteiger charge is 2.13. The number of halogens is 1. The van der Waals surface area contributed by atoms with E-state index in [9.17, 15) is 4.79 Å². The van der Waals surface area contributed by atoms with Crippen LogP contribution in [0, 0.1) is 0 Å². The van der Waals surface area contributed by atoms with E-state index >= 15 is 0 Å². The van der Waals surface area contributed by atoms with Gasteiger partial charge in [-0.2, -0.15) is 0 Å². The van der Waals surface area contributed by atoms with Crippen molar-refractivity contribution in [1.29, 1.82) is 0 Å². The van der Waals surface area contributed by atoms with Gasteiger partial charge in [0.1, 0.15) is 5.75 Å². The Morgan fingerprint density at radius 2 is 1.47 bits per heavy atom. The molecule has 0 atom stereocenters. The van der Waals surface area contributed by atoms with Crippen LogP contribution in [0.3, 0.4) is 0 Å². The number of hydrogen-bond acceptors (Lipinski definition) is 2. The van der Waals surface area contributed by atoms with Crippen LogP contribution in [0.1, 0.15) is 6.92 Å². The van der Waals surface area contributed by atoms with Crippen molar-refractivity contribution in [2.24, 2.45) is 0 Å². The first kappa shape index (κ1) is 13.4. The standard InChI is InChI=1S/C15H14ClNO2/c1-11(18)17(13-5-3-12(16)4-6-13)14-7-9-15(19-2)10-8-14/h3-10H,1-2H3. The van der Waals surface area contributed by atoms with Gasteiger partial charge in [-0.25, -0.2) is 0 Å². The van der Waals surface area contributed by atoms with E-state index in [-0.39, 0.29) is 5.91 Å². The molecule has 98 valence electrons. The molecule has 19 heavy (non-hydrogen) atoms. The highest BCUT2D eigenvalue weighted by atomic mass is 35.5.